The van der Waals surface area contributed by atoms with Crippen LogP contribution < -0.4 is 10.1 Å². The lowest BCUT2D eigenvalue weighted by Crippen LogP contribution is -2.27. The first-order chi connectivity index (χ1) is 12.2. The topological polar surface area (TPSA) is 81.9 Å². The first kappa shape index (κ1) is 17.2. The van der Waals surface area contributed by atoms with Crippen LogP contribution in [0.4, 0.5) is 0 Å². The Morgan fingerprint density at radius 1 is 1.32 bits per heavy atom. The van der Waals surface area contributed by atoms with Crippen LogP contribution in [-0.4, -0.2) is 45.1 Å². The Morgan fingerprint density at radius 3 is 3.00 bits per heavy atom. The fourth-order valence-corrected chi connectivity index (χ4v) is 3.28. The van der Waals surface area contributed by atoms with Crippen LogP contribution in [-0.2, 0) is 18.3 Å². The number of ether oxygens (including phenoxy) is 1. The molecule has 0 aliphatic carbocycles. The highest BCUT2D eigenvalue weighted by molar-refractivity contribution is 8.00. The minimum absolute atomic E-state index is 0.0319. The summed E-state index contributed by atoms with van der Waals surface area (Å²) in [6.45, 7) is 0.561. The number of thioether (sulfide) groups is 1. The summed E-state index contributed by atoms with van der Waals surface area (Å²) in [5.41, 5.74) is 1.83. The van der Waals surface area contributed by atoms with Gasteiger partial charge in [0.1, 0.15) is 17.1 Å². The van der Waals surface area contributed by atoms with Crippen molar-refractivity contribution in [3.05, 3.63) is 42.4 Å². The van der Waals surface area contributed by atoms with E-state index >= 15 is 0 Å². The van der Waals surface area contributed by atoms with E-state index < -0.39 is 0 Å². The first-order valence-corrected chi connectivity index (χ1v) is 8.81. The van der Waals surface area contributed by atoms with Gasteiger partial charge in [0, 0.05) is 13.6 Å². The smallest absolute Gasteiger partial charge is 0.230 e. The summed E-state index contributed by atoms with van der Waals surface area (Å²) in [6, 6.07) is 7.81. The van der Waals surface area contributed by atoms with E-state index in [4.69, 9.17) is 4.74 Å². The number of nitrogens with one attached hydrogen (secondary N) is 1. The Labute approximate surface area is 149 Å². The van der Waals surface area contributed by atoms with E-state index in [9.17, 15) is 4.79 Å². The molecule has 7 nitrogen and oxygen atoms in total. The molecular weight excluding hydrogens is 338 g/mol. The van der Waals surface area contributed by atoms with Crippen molar-refractivity contribution in [2.75, 3.05) is 19.4 Å². The molecule has 0 spiro atoms. The molecule has 0 bridgehead atoms. The highest BCUT2D eigenvalue weighted by Crippen LogP contribution is 2.23. The van der Waals surface area contributed by atoms with Crippen LogP contribution in [0.2, 0.25) is 0 Å². The number of rotatable bonds is 7. The lowest BCUT2D eigenvalue weighted by molar-refractivity contribution is -0.118. The molecule has 1 aromatic carbocycles. The monoisotopic (exact) mass is 357 g/mol. The minimum atomic E-state index is -0.0319. The van der Waals surface area contributed by atoms with E-state index in [1.807, 2.05) is 31.3 Å². The quantitative estimate of drug-likeness (QED) is 0.513. The highest BCUT2D eigenvalue weighted by Gasteiger charge is 2.10. The number of carbonyl (C=O) groups excluding carboxylic acids is 1. The molecule has 0 saturated heterocycles. The molecule has 25 heavy (non-hydrogen) atoms. The average Bonchev–Trinajstić information content (AvgIpc) is 3.02. The van der Waals surface area contributed by atoms with Crippen LogP contribution in [0.5, 0.6) is 5.75 Å². The second-order valence-corrected chi connectivity index (χ2v) is 6.35. The first-order valence-electron chi connectivity index (χ1n) is 7.83. The van der Waals surface area contributed by atoms with Crippen molar-refractivity contribution in [2.45, 2.75) is 11.4 Å². The molecule has 2 aromatic heterocycles. The van der Waals surface area contributed by atoms with E-state index in [1.54, 1.807) is 18.0 Å². The highest BCUT2D eigenvalue weighted by atomic mass is 32.2. The zero-order chi connectivity index (χ0) is 17.6. The Morgan fingerprint density at radius 2 is 2.16 bits per heavy atom. The van der Waals surface area contributed by atoms with E-state index in [2.05, 4.69) is 20.4 Å². The van der Waals surface area contributed by atoms with E-state index in [-0.39, 0.29) is 5.91 Å². The number of hydrogen-bond donors (Lipinski definition) is 1. The van der Waals surface area contributed by atoms with Gasteiger partial charge in [0.2, 0.25) is 5.91 Å². The third-order valence-corrected chi connectivity index (χ3v) is 4.75. The standard InChI is InChI=1S/C17H19N5O2S/c1-22-16-13(9-21-22)17(20-11-19-16)25-10-15(23)18-8-7-12-5-3-4-6-14(12)24-2/h3-6,9,11H,7-8,10H2,1-2H3,(H,18,23). The maximum atomic E-state index is 12.1. The number of amides is 1. The van der Waals surface area contributed by atoms with Gasteiger partial charge in [0.05, 0.1) is 24.4 Å². The molecule has 1 amide bonds. The molecule has 3 aromatic rings. The number of methoxy groups -OCH3 is 1. The van der Waals surface area contributed by atoms with Crippen LogP contribution in [0, 0.1) is 0 Å². The number of nitrogens with zero attached hydrogens (tertiary/aromatic N) is 4. The summed E-state index contributed by atoms with van der Waals surface area (Å²) in [5.74, 6) is 1.11. The third-order valence-electron chi connectivity index (χ3n) is 3.74. The summed E-state index contributed by atoms with van der Waals surface area (Å²) in [7, 11) is 3.48. The van der Waals surface area contributed by atoms with Crippen molar-refractivity contribution in [1.29, 1.82) is 0 Å². The lowest BCUT2D eigenvalue weighted by atomic mass is 10.1. The number of fused-ring (bicyclic) bond motifs is 1. The average molecular weight is 357 g/mol. The Balaban J connectivity index is 1.51. The van der Waals surface area contributed by atoms with Crippen molar-refractivity contribution < 1.29 is 9.53 Å². The minimum Gasteiger partial charge on any atom is -0.496 e. The van der Waals surface area contributed by atoms with Gasteiger partial charge in [-0.05, 0) is 18.1 Å². The van der Waals surface area contributed by atoms with Gasteiger partial charge in [-0.2, -0.15) is 5.10 Å². The predicted octanol–water partition coefficient (Wildman–Crippen LogP) is 1.82. The van der Waals surface area contributed by atoms with Crippen LogP contribution in [0.1, 0.15) is 5.56 Å². The van der Waals surface area contributed by atoms with Crippen LogP contribution >= 0.6 is 11.8 Å². The SMILES string of the molecule is COc1ccccc1CCNC(=O)CSc1ncnc2c1cnn2C. The Bertz CT molecular complexity index is 880. The van der Waals surface area contributed by atoms with Crippen LogP contribution in [0.25, 0.3) is 11.0 Å². The van der Waals surface area contributed by atoms with E-state index in [1.165, 1.54) is 18.1 Å². The molecule has 0 atom stereocenters. The number of benzene rings is 1. The fourth-order valence-electron chi connectivity index (χ4n) is 2.49. The Kier molecular flexibility index (Phi) is 5.49. The molecule has 0 radical (unpaired) electrons. The summed E-state index contributed by atoms with van der Waals surface area (Å²) in [4.78, 5) is 20.5. The van der Waals surface area contributed by atoms with Crippen molar-refractivity contribution in [3.8, 4) is 5.75 Å². The van der Waals surface area contributed by atoms with Gasteiger partial charge < -0.3 is 10.1 Å². The molecule has 0 fully saturated rings. The molecule has 130 valence electrons. The van der Waals surface area contributed by atoms with E-state index in [0.717, 1.165) is 33.8 Å². The van der Waals surface area contributed by atoms with Crippen molar-refractivity contribution in [3.63, 3.8) is 0 Å². The zero-order valence-electron chi connectivity index (χ0n) is 14.1. The van der Waals surface area contributed by atoms with Crippen LogP contribution in [0.15, 0.2) is 41.8 Å². The molecule has 3 rings (SSSR count). The van der Waals surface area contributed by atoms with Crippen molar-refractivity contribution >= 4 is 28.7 Å². The number of carbonyl (C=O) groups is 1. The Hall–Kier alpha value is -2.61. The summed E-state index contributed by atoms with van der Waals surface area (Å²) < 4.78 is 7.00. The largest absolute Gasteiger partial charge is 0.496 e. The summed E-state index contributed by atoms with van der Waals surface area (Å²) in [5, 5.41) is 8.72. The molecular formula is C17H19N5O2S. The maximum Gasteiger partial charge on any atom is 0.230 e. The van der Waals surface area contributed by atoms with Gasteiger partial charge in [-0.25, -0.2) is 9.97 Å². The van der Waals surface area contributed by atoms with Crippen molar-refractivity contribution in [2.24, 2.45) is 7.05 Å². The molecule has 2 heterocycles. The van der Waals surface area contributed by atoms with Crippen LogP contribution in [0.3, 0.4) is 0 Å². The molecule has 0 unspecified atom stereocenters. The van der Waals surface area contributed by atoms with Crippen molar-refractivity contribution in [1.82, 2.24) is 25.1 Å². The third kappa shape index (κ3) is 4.08. The number of para-hydroxylation sites is 1. The van der Waals surface area contributed by atoms with Gasteiger partial charge in [0.15, 0.2) is 5.65 Å². The van der Waals surface area contributed by atoms with Gasteiger partial charge in [-0.15, -0.1) is 0 Å². The molecule has 0 aliphatic rings. The van der Waals surface area contributed by atoms with Gasteiger partial charge >= 0.3 is 0 Å². The summed E-state index contributed by atoms with van der Waals surface area (Å²) >= 11 is 1.38. The second kappa shape index (κ2) is 7.98. The number of hydrogen-bond acceptors (Lipinski definition) is 6. The molecule has 8 heteroatoms. The summed E-state index contributed by atoms with van der Waals surface area (Å²) in [6.07, 6.45) is 3.93. The number of aryl methyl sites for hydroxylation is 1. The van der Waals surface area contributed by atoms with Gasteiger partial charge in [0.25, 0.3) is 0 Å². The van der Waals surface area contributed by atoms with E-state index in [0.29, 0.717) is 12.3 Å². The fraction of sp³-hybridized carbons (Fsp3) is 0.294. The maximum absolute atomic E-state index is 12.1. The molecule has 0 saturated carbocycles. The number of aromatic nitrogens is 4. The normalized spacial score (nSPS) is 10.8. The molecule has 1 N–H and O–H groups in total. The lowest BCUT2D eigenvalue weighted by Gasteiger charge is -2.09. The predicted molar refractivity (Wildman–Crippen MR) is 96.7 cm³/mol. The molecule has 0 aliphatic heterocycles. The zero-order valence-corrected chi connectivity index (χ0v) is 14.9. The van der Waals surface area contributed by atoms with Gasteiger partial charge in [-0.3, -0.25) is 9.48 Å². The second-order valence-electron chi connectivity index (χ2n) is 5.38. The van der Waals surface area contributed by atoms with Gasteiger partial charge in [-0.1, -0.05) is 30.0 Å².